The molecule has 0 saturated carbocycles. The van der Waals surface area contributed by atoms with Crippen LogP contribution in [-0.4, -0.2) is 20.0 Å². The molecule has 0 saturated heterocycles. The molecule has 1 aromatic carbocycles. The number of hydrogen-bond donors (Lipinski definition) is 0. The third-order valence-corrected chi connectivity index (χ3v) is 2.52. The minimum Gasteiger partial charge on any atom is -0.496 e. The lowest BCUT2D eigenvalue weighted by Gasteiger charge is -2.11. The Balaban J connectivity index is 2.93. The standard InChI is InChI=1S/C14H18O3/c1-4-5-6-8-11(15)14-12(16-2)9-7-10-13(14)17-3/h4,7,9-10H,1,5-6,8H2,2-3H3. The van der Waals surface area contributed by atoms with Gasteiger partial charge in [-0.05, 0) is 25.0 Å². The van der Waals surface area contributed by atoms with Crippen molar-refractivity contribution in [3.05, 3.63) is 36.4 Å². The van der Waals surface area contributed by atoms with E-state index in [1.165, 1.54) is 0 Å². The Bertz CT molecular complexity index is 374. The van der Waals surface area contributed by atoms with Crippen LogP contribution in [0.5, 0.6) is 11.5 Å². The molecule has 0 aliphatic carbocycles. The lowest BCUT2D eigenvalue weighted by Crippen LogP contribution is -2.04. The Hall–Kier alpha value is -1.77. The summed E-state index contributed by atoms with van der Waals surface area (Å²) in [6, 6.07) is 5.34. The van der Waals surface area contributed by atoms with E-state index >= 15 is 0 Å². The monoisotopic (exact) mass is 234 g/mol. The number of hydrogen-bond acceptors (Lipinski definition) is 3. The van der Waals surface area contributed by atoms with Crippen molar-refractivity contribution in [3.63, 3.8) is 0 Å². The average Bonchev–Trinajstić information content (AvgIpc) is 2.37. The first-order chi connectivity index (χ1) is 8.24. The summed E-state index contributed by atoms with van der Waals surface area (Å²) in [4.78, 5) is 12.1. The van der Waals surface area contributed by atoms with Crippen molar-refractivity contribution in [1.82, 2.24) is 0 Å². The van der Waals surface area contributed by atoms with Gasteiger partial charge in [-0.25, -0.2) is 0 Å². The fraction of sp³-hybridized carbons (Fsp3) is 0.357. The van der Waals surface area contributed by atoms with Crippen LogP contribution in [0.25, 0.3) is 0 Å². The highest BCUT2D eigenvalue weighted by molar-refractivity contribution is 6.01. The molecule has 0 spiro atoms. The van der Waals surface area contributed by atoms with Gasteiger partial charge in [0.05, 0.1) is 14.2 Å². The zero-order valence-electron chi connectivity index (χ0n) is 10.4. The highest BCUT2D eigenvalue weighted by Crippen LogP contribution is 2.29. The molecule has 1 rings (SSSR count). The van der Waals surface area contributed by atoms with Crippen molar-refractivity contribution in [2.75, 3.05) is 14.2 Å². The second-order valence-corrected chi connectivity index (χ2v) is 3.64. The molecule has 0 fully saturated rings. The highest BCUT2D eigenvalue weighted by atomic mass is 16.5. The number of unbranched alkanes of at least 4 members (excludes halogenated alkanes) is 1. The maximum Gasteiger partial charge on any atom is 0.170 e. The first-order valence-corrected chi connectivity index (χ1v) is 5.59. The van der Waals surface area contributed by atoms with Crippen LogP contribution >= 0.6 is 0 Å². The van der Waals surface area contributed by atoms with Gasteiger partial charge in [-0.3, -0.25) is 4.79 Å². The number of carbonyl (C=O) groups is 1. The van der Waals surface area contributed by atoms with Gasteiger partial charge in [-0.1, -0.05) is 12.1 Å². The van der Waals surface area contributed by atoms with Gasteiger partial charge in [-0.2, -0.15) is 0 Å². The molecular formula is C14H18O3. The van der Waals surface area contributed by atoms with Crippen LogP contribution in [0.3, 0.4) is 0 Å². The van der Waals surface area contributed by atoms with Gasteiger partial charge in [-0.15, -0.1) is 6.58 Å². The average molecular weight is 234 g/mol. The number of allylic oxidation sites excluding steroid dienone is 1. The van der Waals surface area contributed by atoms with E-state index in [1.54, 1.807) is 32.4 Å². The molecule has 0 aliphatic heterocycles. The Morgan fingerprint density at radius 1 is 1.29 bits per heavy atom. The lowest BCUT2D eigenvalue weighted by molar-refractivity contribution is 0.0974. The van der Waals surface area contributed by atoms with Gasteiger partial charge in [0.15, 0.2) is 5.78 Å². The summed E-state index contributed by atoms with van der Waals surface area (Å²) in [6.07, 6.45) is 3.92. The van der Waals surface area contributed by atoms with Crippen molar-refractivity contribution >= 4 is 5.78 Å². The summed E-state index contributed by atoms with van der Waals surface area (Å²) in [5.74, 6) is 1.17. The number of benzene rings is 1. The van der Waals surface area contributed by atoms with E-state index < -0.39 is 0 Å². The number of Topliss-reactive ketones (excluding diaryl/α,β-unsaturated/α-hetero) is 1. The van der Waals surface area contributed by atoms with Gasteiger partial charge >= 0.3 is 0 Å². The molecule has 0 heterocycles. The first-order valence-electron chi connectivity index (χ1n) is 5.59. The van der Waals surface area contributed by atoms with Crippen molar-refractivity contribution in [3.8, 4) is 11.5 Å². The largest absolute Gasteiger partial charge is 0.496 e. The molecule has 0 atom stereocenters. The summed E-state index contributed by atoms with van der Waals surface area (Å²) in [5, 5.41) is 0. The third-order valence-electron chi connectivity index (χ3n) is 2.52. The van der Waals surface area contributed by atoms with Crippen molar-refractivity contribution in [2.24, 2.45) is 0 Å². The minimum absolute atomic E-state index is 0.0427. The van der Waals surface area contributed by atoms with Crippen molar-refractivity contribution in [1.29, 1.82) is 0 Å². The third kappa shape index (κ3) is 3.34. The van der Waals surface area contributed by atoms with Crippen LogP contribution < -0.4 is 9.47 Å². The summed E-state index contributed by atoms with van der Waals surface area (Å²) >= 11 is 0. The summed E-state index contributed by atoms with van der Waals surface area (Å²) < 4.78 is 10.4. The number of rotatable bonds is 7. The predicted molar refractivity (Wildman–Crippen MR) is 67.9 cm³/mol. The van der Waals surface area contributed by atoms with E-state index in [0.29, 0.717) is 23.5 Å². The molecule has 0 radical (unpaired) electrons. The van der Waals surface area contributed by atoms with Gasteiger partial charge < -0.3 is 9.47 Å². The zero-order valence-corrected chi connectivity index (χ0v) is 10.4. The molecule has 3 heteroatoms. The van der Waals surface area contributed by atoms with Gasteiger partial charge in [0.2, 0.25) is 0 Å². The number of carbonyl (C=O) groups excluding carboxylic acids is 1. The molecule has 92 valence electrons. The fourth-order valence-electron chi connectivity index (χ4n) is 1.66. The van der Waals surface area contributed by atoms with Crippen LogP contribution in [0, 0.1) is 0 Å². The predicted octanol–water partition coefficient (Wildman–Crippen LogP) is 3.24. The highest BCUT2D eigenvalue weighted by Gasteiger charge is 2.17. The van der Waals surface area contributed by atoms with E-state index in [4.69, 9.17) is 9.47 Å². The topological polar surface area (TPSA) is 35.5 Å². The molecule has 0 N–H and O–H groups in total. The maximum atomic E-state index is 12.1. The van der Waals surface area contributed by atoms with E-state index in [1.807, 2.05) is 6.08 Å². The molecule has 17 heavy (non-hydrogen) atoms. The van der Waals surface area contributed by atoms with E-state index in [0.717, 1.165) is 12.8 Å². The number of ketones is 1. The Kier molecular flexibility index (Phi) is 5.27. The molecular weight excluding hydrogens is 216 g/mol. The lowest BCUT2D eigenvalue weighted by atomic mass is 10.0. The number of methoxy groups -OCH3 is 2. The number of ether oxygens (including phenoxy) is 2. The quantitative estimate of drug-likeness (QED) is 0.413. The van der Waals surface area contributed by atoms with Crippen LogP contribution in [-0.2, 0) is 0 Å². The van der Waals surface area contributed by atoms with Crippen LogP contribution in [0.4, 0.5) is 0 Å². The summed E-state index contributed by atoms with van der Waals surface area (Å²) in [7, 11) is 3.10. The van der Waals surface area contributed by atoms with Gasteiger partial charge in [0, 0.05) is 6.42 Å². The van der Waals surface area contributed by atoms with E-state index in [-0.39, 0.29) is 5.78 Å². The fourth-order valence-corrected chi connectivity index (χ4v) is 1.66. The molecule has 0 aromatic heterocycles. The second kappa shape index (κ2) is 6.74. The molecule has 1 aromatic rings. The SMILES string of the molecule is C=CCCCC(=O)c1c(OC)cccc1OC. The Morgan fingerprint density at radius 2 is 1.88 bits per heavy atom. The minimum atomic E-state index is 0.0427. The zero-order chi connectivity index (χ0) is 12.7. The summed E-state index contributed by atoms with van der Waals surface area (Å²) in [5.41, 5.74) is 0.529. The smallest absolute Gasteiger partial charge is 0.170 e. The Labute approximate surface area is 102 Å². The molecule has 3 nitrogen and oxygen atoms in total. The molecule has 0 bridgehead atoms. The second-order valence-electron chi connectivity index (χ2n) is 3.64. The van der Waals surface area contributed by atoms with Crippen molar-refractivity contribution < 1.29 is 14.3 Å². The Morgan fingerprint density at radius 3 is 2.35 bits per heavy atom. The first kappa shape index (κ1) is 13.3. The van der Waals surface area contributed by atoms with Crippen molar-refractivity contribution in [2.45, 2.75) is 19.3 Å². The molecule has 0 aliphatic rings. The normalized spacial score (nSPS) is 9.76. The van der Waals surface area contributed by atoms with Crippen LogP contribution in [0.1, 0.15) is 29.6 Å². The van der Waals surface area contributed by atoms with Crippen LogP contribution in [0.2, 0.25) is 0 Å². The maximum absolute atomic E-state index is 12.1. The van der Waals surface area contributed by atoms with E-state index in [2.05, 4.69) is 6.58 Å². The van der Waals surface area contributed by atoms with E-state index in [9.17, 15) is 4.79 Å². The van der Waals surface area contributed by atoms with Crippen LogP contribution in [0.15, 0.2) is 30.9 Å². The van der Waals surface area contributed by atoms with Gasteiger partial charge in [0.25, 0.3) is 0 Å². The summed E-state index contributed by atoms with van der Waals surface area (Å²) in [6.45, 7) is 3.64. The molecule has 0 unspecified atom stereocenters. The molecule has 0 amide bonds. The van der Waals surface area contributed by atoms with Gasteiger partial charge in [0.1, 0.15) is 17.1 Å².